The smallest absolute Gasteiger partial charge is 0.154 e. The SMILES string of the molecule is Cc1c(F)ccc2cc([C@H](C)Nc3ncnn4cccc34)c(SC(C)C)nc12. The van der Waals surface area contributed by atoms with Crippen molar-refractivity contribution in [1.29, 1.82) is 0 Å². The first kappa shape index (κ1) is 18.7. The van der Waals surface area contributed by atoms with Crippen molar-refractivity contribution in [3.05, 3.63) is 59.8 Å². The second-order valence-corrected chi connectivity index (χ2v) is 8.67. The minimum absolute atomic E-state index is 0.0305. The molecular formula is C21H22FN5S. The molecule has 0 aliphatic heterocycles. The van der Waals surface area contributed by atoms with E-state index in [0.29, 0.717) is 10.8 Å². The zero-order chi connectivity index (χ0) is 19.8. The quantitative estimate of drug-likeness (QED) is 0.459. The van der Waals surface area contributed by atoms with E-state index in [1.807, 2.05) is 18.3 Å². The molecule has 5 nitrogen and oxygen atoms in total. The predicted octanol–water partition coefficient (Wildman–Crippen LogP) is 5.40. The lowest BCUT2D eigenvalue weighted by molar-refractivity contribution is 0.620. The molecule has 0 radical (unpaired) electrons. The fourth-order valence-electron chi connectivity index (χ4n) is 3.24. The van der Waals surface area contributed by atoms with Crippen molar-refractivity contribution in [3.63, 3.8) is 0 Å². The number of pyridine rings is 1. The van der Waals surface area contributed by atoms with Crippen molar-refractivity contribution in [3.8, 4) is 0 Å². The van der Waals surface area contributed by atoms with Gasteiger partial charge in [-0.05, 0) is 44.2 Å². The number of hydrogen-bond acceptors (Lipinski definition) is 5. The van der Waals surface area contributed by atoms with E-state index in [0.717, 1.165) is 32.8 Å². The number of aromatic nitrogens is 4. The second kappa shape index (κ2) is 7.39. The van der Waals surface area contributed by atoms with E-state index in [-0.39, 0.29) is 11.9 Å². The number of halogens is 1. The summed E-state index contributed by atoms with van der Waals surface area (Å²) in [7, 11) is 0. The molecule has 1 N–H and O–H groups in total. The molecule has 0 fully saturated rings. The zero-order valence-electron chi connectivity index (χ0n) is 16.3. The molecule has 7 heteroatoms. The van der Waals surface area contributed by atoms with E-state index in [1.165, 1.54) is 12.4 Å². The van der Waals surface area contributed by atoms with Crippen LogP contribution in [0.1, 0.15) is 37.9 Å². The summed E-state index contributed by atoms with van der Waals surface area (Å²) in [6.45, 7) is 8.13. The summed E-state index contributed by atoms with van der Waals surface area (Å²) in [5.74, 6) is 0.541. The molecule has 0 unspecified atom stereocenters. The van der Waals surface area contributed by atoms with Gasteiger partial charge in [-0.2, -0.15) is 5.10 Å². The third-order valence-corrected chi connectivity index (χ3v) is 5.69. The van der Waals surface area contributed by atoms with Crippen LogP contribution in [0.3, 0.4) is 0 Å². The molecule has 0 spiro atoms. The lowest BCUT2D eigenvalue weighted by Gasteiger charge is -2.20. The summed E-state index contributed by atoms with van der Waals surface area (Å²) in [4.78, 5) is 9.24. The number of fused-ring (bicyclic) bond motifs is 2. The number of thioether (sulfide) groups is 1. The van der Waals surface area contributed by atoms with E-state index in [1.54, 1.807) is 29.3 Å². The summed E-state index contributed by atoms with van der Waals surface area (Å²) < 4.78 is 15.8. The highest BCUT2D eigenvalue weighted by Crippen LogP contribution is 2.34. The molecule has 144 valence electrons. The molecular weight excluding hydrogens is 373 g/mol. The van der Waals surface area contributed by atoms with Crippen molar-refractivity contribution >= 4 is 34.0 Å². The Labute approximate surface area is 167 Å². The molecule has 0 saturated heterocycles. The fraction of sp³-hybridized carbons (Fsp3) is 0.286. The second-order valence-electron chi connectivity index (χ2n) is 7.11. The van der Waals surface area contributed by atoms with Gasteiger partial charge in [0.1, 0.15) is 22.7 Å². The first-order valence-corrected chi connectivity index (χ1v) is 10.1. The van der Waals surface area contributed by atoms with Gasteiger partial charge in [0.25, 0.3) is 0 Å². The van der Waals surface area contributed by atoms with Crippen molar-refractivity contribution in [2.45, 2.75) is 44.0 Å². The molecule has 0 saturated carbocycles. The predicted molar refractivity (Wildman–Crippen MR) is 112 cm³/mol. The number of anilines is 1. The Kier molecular flexibility index (Phi) is 4.93. The Morgan fingerprint density at radius 1 is 1.18 bits per heavy atom. The first-order chi connectivity index (χ1) is 13.4. The van der Waals surface area contributed by atoms with Crippen molar-refractivity contribution in [2.24, 2.45) is 0 Å². The van der Waals surface area contributed by atoms with E-state index < -0.39 is 0 Å². The van der Waals surface area contributed by atoms with Gasteiger partial charge in [0.2, 0.25) is 0 Å². The van der Waals surface area contributed by atoms with Crippen LogP contribution in [0.2, 0.25) is 0 Å². The van der Waals surface area contributed by atoms with Gasteiger partial charge in [0.15, 0.2) is 5.82 Å². The molecule has 4 aromatic rings. The van der Waals surface area contributed by atoms with Crippen LogP contribution >= 0.6 is 11.8 Å². The molecule has 28 heavy (non-hydrogen) atoms. The van der Waals surface area contributed by atoms with Gasteiger partial charge in [0.05, 0.1) is 11.6 Å². The highest BCUT2D eigenvalue weighted by Gasteiger charge is 2.18. The number of hydrogen-bond donors (Lipinski definition) is 1. The largest absolute Gasteiger partial charge is 0.362 e. The summed E-state index contributed by atoms with van der Waals surface area (Å²) in [5, 5.41) is 9.92. The summed E-state index contributed by atoms with van der Waals surface area (Å²) >= 11 is 1.69. The maximum Gasteiger partial charge on any atom is 0.154 e. The van der Waals surface area contributed by atoms with Crippen LogP contribution < -0.4 is 5.32 Å². The summed E-state index contributed by atoms with van der Waals surface area (Å²) in [5.41, 5.74) is 3.29. The average Bonchev–Trinajstić information content (AvgIpc) is 3.14. The first-order valence-electron chi connectivity index (χ1n) is 9.25. The van der Waals surface area contributed by atoms with Gasteiger partial charge in [-0.1, -0.05) is 13.8 Å². The Bertz CT molecular complexity index is 1150. The monoisotopic (exact) mass is 395 g/mol. The molecule has 1 atom stereocenters. The van der Waals surface area contributed by atoms with Gasteiger partial charge in [-0.15, -0.1) is 11.8 Å². The van der Waals surface area contributed by atoms with Crippen molar-refractivity contribution in [1.82, 2.24) is 19.6 Å². The molecule has 3 aromatic heterocycles. The van der Waals surface area contributed by atoms with E-state index >= 15 is 0 Å². The molecule has 0 amide bonds. The van der Waals surface area contributed by atoms with Crippen LogP contribution in [0, 0.1) is 12.7 Å². The number of rotatable bonds is 5. The van der Waals surface area contributed by atoms with Crippen LogP contribution in [0.5, 0.6) is 0 Å². The Hall–Kier alpha value is -2.67. The summed E-state index contributed by atoms with van der Waals surface area (Å²) in [6, 6.07) is 9.29. The maximum absolute atomic E-state index is 14.0. The topological polar surface area (TPSA) is 55.1 Å². The third kappa shape index (κ3) is 3.42. The lowest BCUT2D eigenvalue weighted by Crippen LogP contribution is -2.12. The number of nitrogens with zero attached hydrogens (tertiary/aromatic N) is 4. The van der Waals surface area contributed by atoms with E-state index in [4.69, 9.17) is 4.98 Å². The van der Waals surface area contributed by atoms with Gasteiger partial charge < -0.3 is 5.32 Å². The van der Waals surface area contributed by atoms with Gasteiger partial charge in [-0.25, -0.2) is 18.9 Å². The highest BCUT2D eigenvalue weighted by molar-refractivity contribution is 7.99. The van der Waals surface area contributed by atoms with Crippen molar-refractivity contribution < 1.29 is 4.39 Å². The molecule has 3 heterocycles. The Morgan fingerprint density at radius 3 is 2.79 bits per heavy atom. The summed E-state index contributed by atoms with van der Waals surface area (Å²) in [6.07, 6.45) is 3.43. The Morgan fingerprint density at radius 2 is 2.00 bits per heavy atom. The van der Waals surface area contributed by atoms with Crippen LogP contribution in [0.4, 0.5) is 10.2 Å². The van der Waals surface area contributed by atoms with Gasteiger partial charge in [-0.3, -0.25) is 0 Å². The van der Waals surface area contributed by atoms with Gasteiger partial charge >= 0.3 is 0 Å². The van der Waals surface area contributed by atoms with Crippen molar-refractivity contribution in [2.75, 3.05) is 5.32 Å². The average molecular weight is 396 g/mol. The minimum Gasteiger partial charge on any atom is -0.362 e. The highest BCUT2D eigenvalue weighted by atomic mass is 32.2. The Balaban J connectivity index is 1.79. The fourth-order valence-corrected chi connectivity index (χ4v) is 4.21. The van der Waals surface area contributed by atoms with Crippen LogP contribution in [-0.4, -0.2) is 24.8 Å². The standard InChI is InChI=1S/C21H22FN5S/c1-12(2)28-21-16(10-15-7-8-17(22)13(3)19(15)26-21)14(4)25-20-18-6-5-9-27(18)24-11-23-20/h5-12,14H,1-4H3,(H,23,24,25)/t14-/m0/s1. The minimum atomic E-state index is -0.226. The van der Waals surface area contributed by atoms with Crippen LogP contribution in [-0.2, 0) is 0 Å². The number of nitrogens with one attached hydrogen (secondary N) is 1. The van der Waals surface area contributed by atoms with Crippen LogP contribution in [0.15, 0.2) is 47.9 Å². The molecule has 4 rings (SSSR count). The molecule has 0 aliphatic carbocycles. The molecule has 1 aromatic carbocycles. The van der Waals surface area contributed by atoms with E-state index in [9.17, 15) is 4.39 Å². The maximum atomic E-state index is 14.0. The van der Waals surface area contributed by atoms with E-state index in [2.05, 4.69) is 42.2 Å². The number of aryl methyl sites for hydroxylation is 1. The number of benzene rings is 1. The molecule has 0 aliphatic rings. The lowest BCUT2D eigenvalue weighted by atomic mass is 10.0. The normalized spacial score (nSPS) is 12.8. The third-order valence-electron chi connectivity index (χ3n) is 4.67. The zero-order valence-corrected chi connectivity index (χ0v) is 17.1. The van der Waals surface area contributed by atoms with Crippen LogP contribution in [0.25, 0.3) is 16.4 Å². The van der Waals surface area contributed by atoms with Gasteiger partial charge in [0, 0.05) is 28.0 Å². The molecule has 0 bridgehead atoms.